The molecule has 1 saturated heterocycles. The van der Waals surface area contributed by atoms with Crippen molar-refractivity contribution in [1.29, 1.82) is 0 Å². The molecular formula is C14H18N2O2. The van der Waals surface area contributed by atoms with Crippen LogP contribution >= 0.6 is 0 Å². The minimum Gasteiger partial charge on any atom is -0.391 e. The van der Waals surface area contributed by atoms with Gasteiger partial charge in [-0.2, -0.15) is 0 Å². The van der Waals surface area contributed by atoms with Gasteiger partial charge in [-0.3, -0.25) is 4.79 Å². The van der Waals surface area contributed by atoms with E-state index in [9.17, 15) is 9.90 Å². The van der Waals surface area contributed by atoms with Crippen LogP contribution in [-0.4, -0.2) is 41.7 Å². The molecule has 2 aliphatic rings. The number of aliphatic hydroxyl groups is 1. The molecule has 4 nitrogen and oxygen atoms in total. The van der Waals surface area contributed by atoms with Crippen molar-refractivity contribution in [2.24, 2.45) is 0 Å². The maximum atomic E-state index is 12.3. The molecule has 1 aromatic rings. The van der Waals surface area contributed by atoms with Crippen LogP contribution in [0.1, 0.15) is 28.8 Å². The first-order chi connectivity index (χ1) is 8.74. The summed E-state index contributed by atoms with van der Waals surface area (Å²) in [7, 11) is 0. The number of benzene rings is 1. The third-order valence-electron chi connectivity index (χ3n) is 3.75. The van der Waals surface area contributed by atoms with Crippen LogP contribution in [0.3, 0.4) is 0 Å². The van der Waals surface area contributed by atoms with Crippen molar-refractivity contribution < 1.29 is 9.90 Å². The number of aliphatic hydroxyl groups excluding tert-OH is 1. The third kappa shape index (κ3) is 2.08. The molecule has 0 bridgehead atoms. The molecule has 2 heterocycles. The molecule has 4 heteroatoms. The molecule has 0 aliphatic carbocycles. The van der Waals surface area contributed by atoms with Crippen molar-refractivity contribution in [3.63, 3.8) is 0 Å². The Kier molecular flexibility index (Phi) is 2.96. The number of fused-ring (bicyclic) bond motifs is 1. The standard InChI is InChI=1S/C14H18N2O2/c17-12-2-1-7-16(9-12)14(18)11-4-3-10-5-6-15-13(10)8-11/h3-4,8,12,15,17H,1-2,5-7,9H2. The number of anilines is 1. The van der Waals surface area contributed by atoms with E-state index < -0.39 is 0 Å². The fourth-order valence-electron chi connectivity index (χ4n) is 2.75. The molecule has 0 saturated carbocycles. The van der Waals surface area contributed by atoms with Gasteiger partial charge in [-0.15, -0.1) is 0 Å². The summed E-state index contributed by atoms with van der Waals surface area (Å²) in [5.41, 5.74) is 3.08. The van der Waals surface area contributed by atoms with Crippen molar-refractivity contribution >= 4 is 11.6 Å². The molecule has 2 aliphatic heterocycles. The number of amides is 1. The highest BCUT2D eigenvalue weighted by Gasteiger charge is 2.23. The minimum atomic E-state index is -0.366. The number of nitrogens with one attached hydrogen (secondary N) is 1. The van der Waals surface area contributed by atoms with Crippen molar-refractivity contribution in [3.05, 3.63) is 29.3 Å². The highest BCUT2D eigenvalue weighted by molar-refractivity contribution is 5.95. The molecule has 0 radical (unpaired) electrons. The predicted molar refractivity (Wildman–Crippen MR) is 69.8 cm³/mol. The van der Waals surface area contributed by atoms with E-state index in [2.05, 4.69) is 5.32 Å². The third-order valence-corrected chi connectivity index (χ3v) is 3.75. The van der Waals surface area contributed by atoms with Crippen LogP contribution < -0.4 is 5.32 Å². The highest BCUT2D eigenvalue weighted by Crippen LogP contribution is 2.24. The zero-order valence-corrected chi connectivity index (χ0v) is 10.4. The van der Waals surface area contributed by atoms with E-state index in [4.69, 9.17) is 0 Å². The SMILES string of the molecule is O=C(c1ccc2c(c1)NCC2)N1CCCC(O)C1. The van der Waals surface area contributed by atoms with Gasteiger partial charge < -0.3 is 15.3 Å². The molecule has 1 aromatic carbocycles. The minimum absolute atomic E-state index is 0.0326. The Labute approximate surface area is 107 Å². The van der Waals surface area contributed by atoms with Gasteiger partial charge in [0.2, 0.25) is 0 Å². The molecule has 1 amide bonds. The quantitative estimate of drug-likeness (QED) is 0.784. The second kappa shape index (κ2) is 4.61. The van der Waals surface area contributed by atoms with Crippen LogP contribution in [-0.2, 0) is 6.42 Å². The Morgan fingerprint density at radius 3 is 3.17 bits per heavy atom. The van der Waals surface area contributed by atoms with Crippen molar-refractivity contribution in [3.8, 4) is 0 Å². The molecule has 2 N–H and O–H groups in total. The molecular weight excluding hydrogens is 228 g/mol. The normalized spacial score (nSPS) is 22.5. The van der Waals surface area contributed by atoms with Gasteiger partial charge in [-0.1, -0.05) is 6.07 Å². The van der Waals surface area contributed by atoms with Gasteiger partial charge in [-0.05, 0) is 37.0 Å². The summed E-state index contributed by atoms with van der Waals surface area (Å²) in [4.78, 5) is 14.1. The van der Waals surface area contributed by atoms with Gasteiger partial charge in [0.15, 0.2) is 0 Å². The Balaban J connectivity index is 1.79. The van der Waals surface area contributed by atoms with Gasteiger partial charge >= 0.3 is 0 Å². The topological polar surface area (TPSA) is 52.6 Å². The molecule has 1 unspecified atom stereocenters. The van der Waals surface area contributed by atoms with Gasteiger partial charge in [0.05, 0.1) is 6.10 Å². The van der Waals surface area contributed by atoms with E-state index in [-0.39, 0.29) is 12.0 Å². The van der Waals surface area contributed by atoms with Crippen LogP contribution in [0.25, 0.3) is 0 Å². The lowest BCUT2D eigenvalue weighted by molar-refractivity contribution is 0.0474. The van der Waals surface area contributed by atoms with Crippen LogP contribution in [0.2, 0.25) is 0 Å². The zero-order chi connectivity index (χ0) is 12.5. The number of carbonyl (C=O) groups is 1. The Morgan fingerprint density at radius 1 is 1.44 bits per heavy atom. The number of carbonyl (C=O) groups excluding carboxylic acids is 1. The Morgan fingerprint density at radius 2 is 2.33 bits per heavy atom. The van der Waals surface area contributed by atoms with Crippen LogP contribution in [0.4, 0.5) is 5.69 Å². The number of piperidine rings is 1. The smallest absolute Gasteiger partial charge is 0.254 e. The Bertz CT molecular complexity index is 473. The van der Waals surface area contributed by atoms with Crippen LogP contribution in [0, 0.1) is 0 Å². The average Bonchev–Trinajstić information content (AvgIpc) is 2.85. The first-order valence-corrected chi connectivity index (χ1v) is 6.58. The summed E-state index contributed by atoms with van der Waals surface area (Å²) < 4.78 is 0. The number of β-amino-alcohol motifs (C(OH)–C–C–N with tert-alkyl or cyclic N) is 1. The molecule has 0 spiro atoms. The molecule has 1 atom stereocenters. The van der Waals surface area contributed by atoms with Gasteiger partial charge in [0.25, 0.3) is 5.91 Å². The summed E-state index contributed by atoms with van der Waals surface area (Å²) in [5.74, 6) is 0.0326. The van der Waals surface area contributed by atoms with Gasteiger partial charge in [0, 0.05) is 30.9 Å². The number of hydrogen-bond acceptors (Lipinski definition) is 3. The average molecular weight is 246 g/mol. The monoisotopic (exact) mass is 246 g/mol. The number of hydrogen-bond donors (Lipinski definition) is 2. The maximum absolute atomic E-state index is 12.3. The molecule has 0 aromatic heterocycles. The van der Waals surface area contributed by atoms with Gasteiger partial charge in [0.1, 0.15) is 0 Å². The van der Waals surface area contributed by atoms with Gasteiger partial charge in [-0.25, -0.2) is 0 Å². The lowest BCUT2D eigenvalue weighted by Gasteiger charge is -2.30. The second-order valence-corrected chi connectivity index (χ2v) is 5.10. The van der Waals surface area contributed by atoms with Crippen molar-refractivity contribution in [1.82, 2.24) is 4.90 Å². The largest absolute Gasteiger partial charge is 0.391 e. The molecule has 1 fully saturated rings. The summed E-state index contributed by atoms with van der Waals surface area (Å²) in [6, 6.07) is 5.86. The fourth-order valence-corrected chi connectivity index (χ4v) is 2.75. The summed E-state index contributed by atoms with van der Waals surface area (Å²) >= 11 is 0. The molecule has 96 valence electrons. The summed E-state index contributed by atoms with van der Waals surface area (Å²) in [5, 5.41) is 12.9. The fraction of sp³-hybridized carbons (Fsp3) is 0.500. The first kappa shape index (κ1) is 11.5. The highest BCUT2D eigenvalue weighted by atomic mass is 16.3. The number of rotatable bonds is 1. The number of nitrogens with zero attached hydrogens (tertiary/aromatic N) is 1. The lowest BCUT2D eigenvalue weighted by atomic mass is 10.0. The van der Waals surface area contributed by atoms with Crippen molar-refractivity contribution in [2.45, 2.75) is 25.4 Å². The molecule has 3 rings (SSSR count). The van der Waals surface area contributed by atoms with E-state index in [1.165, 1.54) is 5.56 Å². The lowest BCUT2D eigenvalue weighted by Crippen LogP contribution is -2.42. The van der Waals surface area contributed by atoms with Crippen LogP contribution in [0.15, 0.2) is 18.2 Å². The van der Waals surface area contributed by atoms with Crippen molar-refractivity contribution in [2.75, 3.05) is 25.0 Å². The van der Waals surface area contributed by atoms with E-state index >= 15 is 0 Å². The summed E-state index contributed by atoms with van der Waals surface area (Å²) in [6.45, 7) is 2.17. The second-order valence-electron chi connectivity index (χ2n) is 5.10. The zero-order valence-electron chi connectivity index (χ0n) is 10.4. The van der Waals surface area contributed by atoms with Crippen LogP contribution in [0.5, 0.6) is 0 Å². The molecule has 18 heavy (non-hydrogen) atoms. The van der Waals surface area contributed by atoms with E-state index in [1.807, 2.05) is 18.2 Å². The summed E-state index contributed by atoms with van der Waals surface area (Å²) in [6.07, 6.45) is 2.35. The van der Waals surface area contributed by atoms with E-state index in [0.717, 1.165) is 43.6 Å². The first-order valence-electron chi connectivity index (χ1n) is 6.58. The predicted octanol–water partition coefficient (Wildman–Crippen LogP) is 1.25. The van der Waals surface area contributed by atoms with E-state index in [0.29, 0.717) is 6.54 Å². The Hall–Kier alpha value is -1.55. The maximum Gasteiger partial charge on any atom is 0.254 e. The van der Waals surface area contributed by atoms with E-state index in [1.54, 1.807) is 4.90 Å². The number of likely N-dealkylation sites (tertiary alicyclic amines) is 1.